The van der Waals surface area contributed by atoms with Gasteiger partial charge in [-0.1, -0.05) is 18.2 Å². The van der Waals surface area contributed by atoms with Gasteiger partial charge >= 0.3 is 5.69 Å². The lowest BCUT2D eigenvalue weighted by atomic mass is 9.93. The number of nitrogens with two attached hydrogens (primary N) is 1. The fraction of sp³-hybridized carbons (Fsp3) is 0.182. The molecule has 0 saturated heterocycles. The number of benzene rings is 2. The lowest BCUT2D eigenvalue weighted by Crippen LogP contribution is -2.37. The number of aromatic amines is 1. The summed E-state index contributed by atoms with van der Waals surface area (Å²) in [4.78, 5) is 40.5. The van der Waals surface area contributed by atoms with Crippen molar-refractivity contribution in [2.24, 2.45) is 19.8 Å². The van der Waals surface area contributed by atoms with Crippen molar-refractivity contribution < 1.29 is 9.53 Å². The van der Waals surface area contributed by atoms with Gasteiger partial charge in [0, 0.05) is 19.7 Å². The second-order valence-electron chi connectivity index (χ2n) is 7.24. The van der Waals surface area contributed by atoms with Crippen LogP contribution in [0.4, 0.5) is 0 Å². The maximum absolute atomic E-state index is 12.9. The average Bonchev–Trinajstić information content (AvgIpc) is 3.16. The predicted molar refractivity (Wildman–Crippen MR) is 116 cm³/mol. The van der Waals surface area contributed by atoms with Crippen molar-refractivity contribution in [3.05, 3.63) is 62.8 Å². The maximum atomic E-state index is 12.9. The second-order valence-corrected chi connectivity index (χ2v) is 7.24. The number of carbonyl (C=O) groups is 1. The van der Waals surface area contributed by atoms with E-state index in [2.05, 4.69) is 4.98 Å². The molecule has 0 saturated carbocycles. The van der Waals surface area contributed by atoms with Crippen LogP contribution in [0.1, 0.15) is 11.5 Å². The van der Waals surface area contributed by atoms with Crippen molar-refractivity contribution in [3.8, 4) is 23.1 Å². The highest BCUT2D eigenvalue weighted by molar-refractivity contribution is 5.98. The molecule has 0 spiro atoms. The Morgan fingerprint density at radius 3 is 2.45 bits per heavy atom. The number of fused-ring (bicyclic) bond motifs is 2. The highest BCUT2D eigenvalue weighted by Crippen LogP contribution is 2.35. The van der Waals surface area contributed by atoms with Gasteiger partial charge in [-0.25, -0.2) is 4.79 Å². The molecule has 4 rings (SSSR count). The Morgan fingerprint density at radius 2 is 1.81 bits per heavy atom. The van der Waals surface area contributed by atoms with Crippen LogP contribution in [0.5, 0.6) is 5.75 Å². The van der Waals surface area contributed by atoms with Crippen LogP contribution in [0.25, 0.3) is 33.1 Å². The van der Waals surface area contributed by atoms with Crippen LogP contribution >= 0.6 is 0 Å². The average molecular weight is 417 g/mol. The van der Waals surface area contributed by atoms with Crippen LogP contribution in [0, 0.1) is 11.3 Å². The van der Waals surface area contributed by atoms with Gasteiger partial charge < -0.3 is 15.5 Å². The summed E-state index contributed by atoms with van der Waals surface area (Å²) in [6.45, 7) is 0. The Hall–Kier alpha value is -4.32. The number of methoxy groups -OCH3 is 1. The molecule has 4 aromatic rings. The Balaban J connectivity index is 2.12. The van der Waals surface area contributed by atoms with Gasteiger partial charge in [-0.15, -0.1) is 0 Å². The van der Waals surface area contributed by atoms with E-state index in [0.29, 0.717) is 17.0 Å². The third-order valence-electron chi connectivity index (χ3n) is 5.49. The molecule has 2 aromatic heterocycles. The number of hydrogen-bond acceptors (Lipinski definition) is 5. The van der Waals surface area contributed by atoms with E-state index in [0.717, 1.165) is 15.3 Å². The molecule has 0 aliphatic carbocycles. The van der Waals surface area contributed by atoms with Gasteiger partial charge in [0.25, 0.3) is 5.56 Å². The number of primary amides is 1. The van der Waals surface area contributed by atoms with E-state index >= 15 is 0 Å². The van der Waals surface area contributed by atoms with Gasteiger partial charge in [0.05, 0.1) is 24.3 Å². The first-order valence-corrected chi connectivity index (χ1v) is 9.37. The molecule has 9 heteroatoms. The summed E-state index contributed by atoms with van der Waals surface area (Å²) in [5.41, 5.74) is 5.75. The molecule has 3 N–H and O–H groups in total. The highest BCUT2D eigenvalue weighted by Gasteiger charge is 2.29. The summed E-state index contributed by atoms with van der Waals surface area (Å²) in [5.74, 6) is -1.55. The van der Waals surface area contributed by atoms with Crippen molar-refractivity contribution >= 4 is 27.7 Å². The van der Waals surface area contributed by atoms with E-state index < -0.39 is 23.1 Å². The Morgan fingerprint density at radius 1 is 1.13 bits per heavy atom. The molecule has 1 atom stereocenters. The van der Waals surface area contributed by atoms with Crippen molar-refractivity contribution in [3.63, 3.8) is 0 Å². The Kier molecular flexibility index (Phi) is 4.62. The van der Waals surface area contributed by atoms with Gasteiger partial charge in [0.2, 0.25) is 5.91 Å². The lowest BCUT2D eigenvalue weighted by molar-refractivity contribution is -0.118. The minimum Gasteiger partial charge on any atom is -0.497 e. The van der Waals surface area contributed by atoms with E-state index in [1.54, 1.807) is 13.2 Å². The number of rotatable bonds is 4. The van der Waals surface area contributed by atoms with E-state index in [4.69, 9.17) is 10.5 Å². The molecule has 9 nitrogen and oxygen atoms in total. The first kappa shape index (κ1) is 20.0. The van der Waals surface area contributed by atoms with E-state index in [9.17, 15) is 19.6 Å². The summed E-state index contributed by atoms with van der Waals surface area (Å²) < 4.78 is 7.46. The van der Waals surface area contributed by atoms with E-state index in [-0.39, 0.29) is 16.6 Å². The number of nitriles is 1. The minimum absolute atomic E-state index is 0.0831. The first-order valence-electron chi connectivity index (χ1n) is 9.37. The molecule has 31 heavy (non-hydrogen) atoms. The first-order chi connectivity index (χ1) is 14.8. The number of aromatic nitrogens is 3. The molecule has 0 aliphatic rings. The molecular formula is C22H19N5O4. The van der Waals surface area contributed by atoms with Gasteiger partial charge in [-0.05, 0) is 34.5 Å². The molecular weight excluding hydrogens is 398 g/mol. The zero-order valence-electron chi connectivity index (χ0n) is 17.1. The van der Waals surface area contributed by atoms with Crippen LogP contribution in [0.3, 0.4) is 0 Å². The van der Waals surface area contributed by atoms with Gasteiger partial charge in [-0.3, -0.25) is 18.7 Å². The Labute approximate surface area is 175 Å². The quantitative estimate of drug-likeness (QED) is 0.518. The third kappa shape index (κ3) is 2.97. The summed E-state index contributed by atoms with van der Waals surface area (Å²) in [6, 6.07) is 13.0. The fourth-order valence-electron chi connectivity index (χ4n) is 3.84. The number of hydrogen-bond donors (Lipinski definition) is 2. The number of nitrogens with one attached hydrogen (secondary N) is 1. The monoisotopic (exact) mass is 417 g/mol. The fourth-order valence-corrected chi connectivity index (χ4v) is 3.84. The number of carbonyl (C=O) groups excluding carboxylic acids is 1. The number of H-pyrrole nitrogens is 1. The lowest BCUT2D eigenvalue weighted by Gasteiger charge is -2.10. The minimum atomic E-state index is -1.37. The van der Waals surface area contributed by atoms with Crippen LogP contribution in [0.2, 0.25) is 0 Å². The molecule has 156 valence electrons. The normalized spacial score (nSPS) is 12.1. The third-order valence-corrected chi connectivity index (χ3v) is 5.49. The Bertz CT molecular complexity index is 1530. The molecule has 0 bridgehead atoms. The van der Waals surface area contributed by atoms with Gasteiger partial charge in [0.1, 0.15) is 11.4 Å². The molecule has 0 radical (unpaired) electrons. The topological polar surface area (TPSA) is 136 Å². The maximum Gasteiger partial charge on any atom is 0.332 e. The molecule has 1 unspecified atom stereocenters. The predicted octanol–water partition coefficient (Wildman–Crippen LogP) is 1.49. The zero-order chi connectivity index (χ0) is 22.4. The number of aryl methyl sites for hydroxylation is 1. The summed E-state index contributed by atoms with van der Waals surface area (Å²) in [5, 5.41) is 11.6. The molecule has 1 amide bonds. The van der Waals surface area contributed by atoms with Crippen molar-refractivity contribution in [2.75, 3.05) is 7.11 Å². The number of amides is 1. The SMILES string of the molecule is COc1ccc2cc(-c3[nH]c4c(c3C(C#N)C(N)=O)c(=O)n(C)c(=O)n4C)ccc2c1. The van der Waals surface area contributed by atoms with Crippen LogP contribution < -0.4 is 21.7 Å². The smallest absolute Gasteiger partial charge is 0.332 e. The van der Waals surface area contributed by atoms with Crippen LogP contribution in [-0.2, 0) is 18.9 Å². The standard InChI is InChI=1S/C22H19N5O4/c1-26-20-17(21(29)27(2)22(26)30)16(15(10-23)19(24)28)18(25-20)13-5-4-12-9-14(31-3)7-6-11(12)8-13/h4-9,15,25H,1-3H3,(H2,24,28). The molecule has 2 aromatic carbocycles. The van der Waals surface area contributed by atoms with Gasteiger partial charge in [0.15, 0.2) is 5.92 Å². The number of ether oxygens (including phenoxy) is 1. The van der Waals surface area contributed by atoms with E-state index in [1.807, 2.05) is 36.4 Å². The summed E-state index contributed by atoms with van der Waals surface area (Å²) in [6.07, 6.45) is 0. The van der Waals surface area contributed by atoms with Crippen molar-refractivity contribution in [1.29, 1.82) is 5.26 Å². The van der Waals surface area contributed by atoms with Gasteiger partial charge in [-0.2, -0.15) is 5.26 Å². The summed E-state index contributed by atoms with van der Waals surface area (Å²) >= 11 is 0. The second kappa shape index (κ2) is 7.18. The van der Waals surface area contributed by atoms with Crippen LogP contribution in [0.15, 0.2) is 46.0 Å². The highest BCUT2D eigenvalue weighted by atomic mass is 16.5. The largest absolute Gasteiger partial charge is 0.497 e. The molecule has 0 fully saturated rings. The number of nitrogens with zero attached hydrogens (tertiary/aromatic N) is 3. The zero-order valence-corrected chi connectivity index (χ0v) is 17.1. The van der Waals surface area contributed by atoms with Crippen molar-refractivity contribution in [1.82, 2.24) is 14.1 Å². The van der Waals surface area contributed by atoms with Crippen molar-refractivity contribution in [2.45, 2.75) is 5.92 Å². The van der Waals surface area contributed by atoms with E-state index in [1.165, 1.54) is 18.7 Å². The van der Waals surface area contributed by atoms with Crippen LogP contribution in [-0.4, -0.2) is 27.1 Å². The summed E-state index contributed by atoms with van der Waals surface area (Å²) in [7, 11) is 4.44. The molecule has 2 heterocycles. The molecule has 0 aliphatic heterocycles.